The van der Waals surface area contributed by atoms with Gasteiger partial charge < -0.3 is 19.4 Å². The van der Waals surface area contributed by atoms with Crippen molar-refractivity contribution in [3.05, 3.63) is 163 Å². The van der Waals surface area contributed by atoms with E-state index in [1.54, 1.807) is 52.5 Å². The molecule has 3 saturated heterocycles. The molecule has 11 nitrogen and oxygen atoms in total. The third-order valence-electron chi connectivity index (χ3n) is 11.5. The van der Waals surface area contributed by atoms with Crippen molar-refractivity contribution < 1.29 is 19.1 Å². The number of likely N-dealkylation sites (N-methyl/N-ethyl adjacent to an activating group) is 1. The summed E-state index contributed by atoms with van der Waals surface area (Å²) in [7, 11) is 1.77. The van der Waals surface area contributed by atoms with Crippen LogP contribution < -0.4 is 0 Å². The van der Waals surface area contributed by atoms with E-state index in [-0.39, 0.29) is 35.7 Å². The second-order valence-corrected chi connectivity index (χ2v) is 16.5. The highest BCUT2D eigenvalue weighted by Gasteiger charge is 2.42. The summed E-state index contributed by atoms with van der Waals surface area (Å²) in [6.45, 7) is 6.37. The minimum absolute atomic E-state index is 0.0337. The van der Waals surface area contributed by atoms with Crippen LogP contribution in [0.5, 0.6) is 0 Å². The van der Waals surface area contributed by atoms with Gasteiger partial charge in [0, 0.05) is 50.7 Å². The van der Waals surface area contributed by atoms with Crippen LogP contribution in [0, 0.1) is 37.0 Å². The predicted octanol–water partition coefficient (Wildman–Crippen LogP) is 9.49. The Kier molecular flexibility index (Phi) is 14.6. The number of benzene rings is 3. The lowest BCUT2D eigenvalue weighted by atomic mass is 9.99. The van der Waals surface area contributed by atoms with Gasteiger partial charge in [0.25, 0.3) is 0 Å². The second kappa shape index (κ2) is 21.0. The normalized spacial score (nSPS) is 16.3. The summed E-state index contributed by atoms with van der Waals surface area (Å²) in [6, 6.07) is 40.8. The average Bonchev–Trinajstić information content (AvgIpc) is 4.14. The van der Waals surface area contributed by atoms with E-state index in [1.165, 1.54) is 38.3 Å². The predicted molar refractivity (Wildman–Crippen MR) is 257 cm³/mol. The fourth-order valence-corrected chi connectivity index (χ4v) is 7.63. The highest BCUT2D eigenvalue weighted by atomic mass is 16.6. The Hall–Kier alpha value is -8.20. The number of cyclic esters (lactones) is 1. The van der Waals surface area contributed by atoms with Crippen LogP contribution in [0.2, 0.25) is 0 Å². The van der Waals surface area contributed by atoms with Gasteiger partial charge in [0.1, 0.15) is 24.7 Å². The molecule has 3 aliphatic heterocycles. The molecule has 0 bridgehead atoms. The smallest absolute Gasteiger partial charge is 0.411 e. The number of amides is 4. The number of rotatable bonds is 6. The van der Waals surface area contributed by atoms with Gasteiger partial charge in [0.2, 0.25) is 5.91 Å². The quantitative estimate of drug-likeness (QED) is 0.153. The van der Waals surface area contributed by atoms with Crippen molar-refractivity contribution in [2.24, 2.45) is 0 Å². The minimum Gasteiger partial charge on any atom is -0.447 e. The molecule has 3 unspecified atom stereocenters. The molecule has 9 aliphatic rings. The van der Waals surface area contributed by atoms with E-state index in [0.29, 0.717) is 38.4 Å². The van der Waals surface area contributed by atoms with Gasteiger partial charge >= 0.3 is 12.1 Å². The number of fused-ring (bicyclic) bond motifs is 3. The molecule has 3 aromatic rings. The standard InChI is InChI=1S/C14H16N2O.C12H13N3O.C11H10N2O2.3C6H4/c1-4-12(11-7-5-6-10-15-11)16-13(17)8-9-14(16,2)3;1-3-11(10-6-4-5-7-13-10)15-9-8-14(2)12(15)16;1-2-10(9-5-3-4-6-12-9)13-7-8-15-11(13)14;3*1-2-5-4-6(5)3-1/h1,5-7,10,12H,8-9H2,2-3H3;1,4-7,11H,8-9H2,2H3;1,3-6,10H,7-8H2;3*1-4H. The molecule has 0 N–H and O–H groups in total. The van der Waals surface area contributed by atoms with E-state index in [1.807, 2.05) is 56.3 Å². The fourth-order valence-electron chi connectivity index (χ4n) is 7.63. The summed E-state index contributed by atoms with van der Waals surface area (Å²) in [5, 5.41) is 0. The molecule has 3 atom stereocenters. The largest absolute Gasteiger partial charge is 0.447 e. The van der Waals surface area contributed by atoms with E-state index in [0.717, 1.165) is 17.8 Å². The van der Waals surface area contributed by atoms with Crippen LogP contribution in [0.4, 0.5) is 9.59 Å². The highest BCUT2D eigenvalue weighted by Crippen LogP contribution is 2.37. The molecule has 330 valence electrons. The third kappa shape index (κ3) is 11.5. The molecular formula is C55H51N7O4. The number of aromatic nitrogens is 3. The molecule has 4 amide bonds. The molecule has 0 aromatic carbocycles. The van der Waals surface area contributed by atoms with Crippen molar-refractivity contribution in [2.75, 3.05) is 33.3 Å². The van der Waals surface area contributed by atoms with Crippen LogP contribution in [-0.4, -0.2) is 91.4 Å². The molecule has 3 aromatic heterocycles. The van der Waals surface area contributed by atoms with Crippen molar-refractivity contribution in [3.63, 3.8) is 0 Å². The van der Waals surface area contributed by atoms with Gasteiger partial charge in [0.15, 0.2) is 0 Å². The van der Waals surface area contributed by atoms with Crippen molar-refractivity contribution in [1.29, 1.82) is 0 Å². The van der Waals surface area contributed by atoms with E-state index < -0.39 is 6.04 Å². The van der Waals surface area contributed by atoms with Crippen LogP contribution in [0.15, 0.2) is 146 Å². The van der Waals surface area contributed by atoms with Crippen molar-refractivity contribution in [2.45, 2.75) is 50.4 Å². The molecule has 6 aliphatic carbocycles. The molecule has 12 rings (SSSR count). The van der Waals surface area contributed by atoms with Gasteiger partial charge in [-0.05, 0) is 108 Å². The summed E-state index contributed by atoms with van der Waals surface area (Å²) in [5.41, 5.74) is 10.6. The molecule has 66 heavy (non-hydrogen) atoms. The first-order valence-corrected chi connectivity index (χ1v) is 21.7. The van der Waals surface area contributed by atoms with Crippen molar-refractivity contribution in [3.8, 4) is 70.4 Å². The van der Waals surface area contributed by atoms with Gasteiger partial charge in [-0.3, -0.25) is 24.6 Å². The van der Waals surface area contributed by atoms with Crippen molar-refractivity contribution in [1.82, 2.24) is 34.6 Å². The lowest BCUT2D eigenvalue weighted by molar-refractivity contribution is -0.132. The monoisotopic (exact) mass is 873 g/mol. The Morgan fingerprint density at radius 2 is 0.985 bits per heavy atom. The number of hydrogen-bond donors (Lipinski definition) is 0. The lowest BCUT2D eigenvalue weighted by Gasteiger charge is -2.35. The zero-order valence-corrected chi connectivity index (χ0v) is 37.3. The van der Waals surface area contributed by atoms with E-state index in [4.69, 9.17) is 24.0 Å². The Bertz CT molecular complexity index is 2620. The van der Waals surface area contributed by atoms with Crippen molar-refractivity contribution >= 4 is 18.0 Å². The van der Waals surface area contributed by atoms with Gasteiger partial charge in [-0.25, -0.2) is 9.59 Å². The summed E-state index contributed by atoms with van der Waals surface area (Å²) >= 11 is 0. The summed E-state index contributed by atoms with van der Waals surface area (Å²) in [5.74, 6) is 7.98. The fraction of sp³-hybridized carbons (Fsp3) is 0.236. The van der Waals surface area contributed by atoms with Crippen LogP contribution in [-0.2, 0) is 9.53 Å². The van der Waals surface area contributed by atoms with E-state index >= 15 is 0 Å². The second-order valence-electron chi connectivity index (χ2n) is 16.5. The van der Waals surface area contributed by atoms with Gasteiger partial charge in [-0.1, -0.05) is 90.6 Å². The minimum atomic E-state index is -0.429. The Labute approximate surface area is 387 Å². The van der Waals surface area contributed by atoms with Gasteiger partial charge in [-0.15, -0.1) is 19.3 Å². The summed E-state index contributed by atoms with van der Waals surface area (Å²) < 4.78 is 4.83. The first-order valence-electron chi connectivity index (χ1n) is 21.7. The zero-order valence-electron chi connectivity index (χ0n) is 37.3. The zero-order chi connectivity index (χ0) is 46.6. The molecule has 11 heteroatoms. The van der Waals surface area contributed by atoms with Gasteiger partial charge in [0.05, 0.1) is 23.6 Å². The number of urea groups is 1. The molecule has 3 fully saturated rings. The van der Waals surface area contributed by atoms with Crippen LogP contribution in [0.3, 0.4) is 0 Å². The van der Waals surface area contributed by atoms with E-state index in [2.05, 4.69) is 106 Å². The van der Waals surface area contributed by atoms with E-state index in [9.17, 15) is 14.4 Å². The number of likely N-dealkylation sites (tertiary alicyclic amines) is 1. The molecule has 6 heterocycles. The first kappa shape index (κ1) is 45.8. The first-order chi connectivity index (χ1) is 32.0. The summed E-state index contributed by atoms with van der Waals surface area (Å²) in [6.07, 6.45) is 22.6. The number of carbonyl (C=O) groups is 3. The number of hydrogen-bond acceptors (Lipinski definition) is 7. The lowest BCUT2D eigenvalue weighted by Crippen LogP contribution is -2.43. The summed E-state index contributed by atoms with van der Waals surface area (Å²) in [4.78, 5) is 54.3. The Balaban J connectivity index is 0.000000123. The molecule has 0 spiro atoms. The number of carbonyl (C=O) groups excluding carboxylic acids is 3. The van der Waals surface area contributed by atoms with Crippen LogP contribution in [0.1, 0.15) is 61.9 Å². The SMILES string of the molecule is C#CC(c1ccccn1)N1C(=O)CCC1(C)C.C#CC(c1ccccn1)N1CCN(C)C1=O.C#CC(c1ccccn1)N1CCOC1=O.c1cc2cc-2c1.c1cc2cc-2c1.c1cc2cc-2c1. The average molecular weight is 874 g/mol. The molecule has 0 radical (unpaired) electrons. The Morgan fingerprint density at radius 1 is 0.561 bits per heavy atom. The third-order valence-corrected chi connectivity index (χ3v) is 11.5. The maximum Gasteiger partial charge on any atom is 0.411 e. The number of nitrogens with zero attached hydrogens (tertiary/aromatic N) is 7. The number of terminal acetylenes is 3. The maximum atomic E-state index is 12.0. The Morgan fingerprint density at radius 3 is 1.26 bits per heavy atom. The van der Waals surface area contributed by atoms with Crippen LogP contribution in [0.25, 0.3) is 33.4 Å². The maximum absolute atomic E-state index is 12.0. The highest BCUT2D eigenvalue weighted by molar-refractivity contribution is 5.82. The van der Waals surface area contributed by atoms with Gasteiger partial charge in [-0.2, -0.15) is 0 Å². The van der Waals surface area contributed by atoms with Crippen LogP contribution >= 0.6 is 0 Å². The molecule has 0 saturated carbocycles. The number of ether oxygens (including phenoxy) is 1. The molecular weight excluding hydrogens is 823 g/mol. The number of pyridine rings is 3. The topological polar surface area (TPSA) is 112 Å².